The molecule has 6 aromatic carbocycles. The first-order valence-electron chi connectivity index (χ1n) is 14.8. The zero-order chi connectivity index (χ0) is 27.8. The van der Waals surface area contributed by atoms with Gasteiger partial charge in [-0.2, -0.15) is 0 Å². The summed E-state index contributed by atoms with van der Waals surface area (Å²) in [7, 11) is 0. The van der Waals surface area contributed by atoms with Crippen LogP contribution in [0.3, 0.4) is 0 Å². The molecule has 4 nitrogen and oxygen atoms in total. The van der Waals surface area contributed by atoms with Crippen LogP contribution in [0.25, 0.3) is 49.7 Å². The third-order valence-electron chi connectivity index (χ3n) is 9.68. The van der Waals surface area contributed by atoms with E-state index in [9.17, 15) is 0 Å². The van der Waals surface area contributed by atoms with Crippen LogP contribution in [0.4, 0.5) is 28.4 Å². The Kier molecular flexibility index (Phi) is 3.88. The molecular formula is C38H22BN3O. The lowest BCUT2D eigenvalue weighted by Crippen LogP contribution is -2.65. The van der Waals surface area contributed by atoms with Crippen LogP contribution in [0.5, 0.6) is 0 Å². The van der Waals surface area contributed by atoms with E-state index in [1.54, 1.807) is 0 Å². The molecule has 5 heteroatoms. The standard InChI is InChI=1S/C38H22BN3O/c1-5-17-29-23(11-1)25-14-9-20-32-35(25)39-38-36(40(32)33-21-10-15-26-24-12-3-8-22-34(24)43-37(26)33)27-13-2-4-16-28(27)41(38)30-18-6-7-19-31(30)42(29)39/h1-22H. The SMILES string of the molecule is c1ccc2c(c1)-c1cccc3c1B1c4c(c5ccccc5n4-c4ccccc4N12)N3c1cccc2c1oc1ccccc12. The molecule has 5 heterocycles. The minimum atomic E-state index is 0.0320. The van der Waals surface area contributed by atoms with E-state index in [-0.39, 0.29) is 6.85 Å². The minimum absolute atomic E-state index is 0.0320. The number of para-hydroxylation sites is 6. The zero-order valence-electron chi connectivity index (χ0n) is 23.0. The maximum atomic E-state index is 6.67. The normalized spacial score (nSPS) is 13.9. The number of aromatic nitrogens is 1. The quantitative estimate of drug-likeness (QED) is 0.193. The second-order valence-corrected chi connectivity index (χ2v) is 11.7. The van der Waals surface area contributed by atoms with Crippen molar-refractivity contribution in [3.63, 3.8) is 0 Å². The van der Waals surface area contributed by atoms with Crippen molar-refractivity contribution in [2.24, 2.45) is 0 Å². The summed E-state index contributed by atoms with van der Waals surface area (Å²) in [6.45, 7) is 0.0320. The van der Waals surface area contributed by atoms with Crippen molar-refractivity contribution < 1.29 is 4.42 Å². The summed E-state index contributed by atoms with van der Waals surface area (Å²) in [6.07, 6.45) is 0. The zero-order valence-corrected chi connectivity index (χ0v) is 23.0. The van der Waals surface area contributed by atoms with Gasteiger partial charge < -0.3 is 18.7 Å². The Morgan fingerprint density at radius 3 is 2.07 bits per heavy atom. The highest BCUT2D eigenvalue weighted by Crippen LogP contribution is 2.52. The van der Waals surface area contributed by atoms with E-state index >= 15 is 0 Å². The summed E-state index contributed by atoms with van der Waals surface area (Å²) in [5, 5.41) is 3.51. The number of fused-ring (bicyclic) bond motifs is 12. The van der Waals surface area contributed by atoms with Crippen molar-refractivity contribution in [3.8, 4) is 16.8 Å². The maximum absolute atomic E-state index is 6.67. The fraction of sp³-hybridized carbons (Fsp3) is 0. The Hall–Kier alpha value is -5.68. The summed E-state index contributed by atoms with van der Waals surface area (Å²) in [4.78, 5) is 5.06. The molecule has 0 aliphatic carbocycles. The molecule has 0 amide bonds. The Balaban J connectivity index is 1.36. The predicted molar refractivity (Wildman–Crippen MR) is 178 cm³/mol. The molecule has 0 N–H and O–H groups in total. The number of rotatable bonds is 1. The molecule has 0 saturated carbocycles. The van der Waals surface area contributed by atoms with E-state index in [0.29, 0.717) is 0 Å². The molecule has 2 aromatic heterocycles. The molecule has 0 unspecified atom stereocenters. The van der Waals surface area contributed by atoms with E-state index < -0.39 is 0 Å². The topological polar surface area (TPSA) is 24.6 Å². The van der Waals surface area contributed by atoms with Crippen LogP contribution in [0.2, 0.25) is 0 Å². The molecule has 3 aliphatic rings. The highest BCUT2D eigenvalue weighted by Gasteiger charge is 2.50. The Labute approximate surface area is 247 Å². The molecule has 0 fully saturated rings. The Morgan fingerprint density at radius 2 is 1.14 bits per heavy atom. The van der Waals surface area contributed by atoms with Crippen LogP contribution in [0.1, 0.15) is 0 Å². The van der Waals surface area contributed by atoms with Crippen LogP contribution in [0, 0.1) is 0 Å². The molecule has 8 aromatic rings. The molecule has 0 saturated heterocycles. The van der Waals surface area contributed by atoms with Gasteiger partial charge in [-0.3, -0.25) is 0 Å². The van der Waals surface area contributed by atoms with Crippen LogP contribution < -0.4 is 20.8 Å². The lowest BCUT2D eigenvalue weighted by atomic mass is 9.44. The van der Waals surface area contributed by atoms with Gasteiger partial charge in [0.05, 0.1) is 28.3 Å². The Morgan fingerprint density at radius 1 is 0.488 bits per heavy atom. The van der Waals surface area contributed by atoms with E-state index in [2.05, 4.69) is 142 Å². The largest absolute Gasteiger partial charge is 0.454 e. The summed E-state index contributed by atoms with van der Waals surface area (Å²) in [5.74, 6) is 0. The maximum Gasteiger partial charge on any atom is 0.351 e. The summed E-state index contributed by atoms with van der Waals surface area (Å²) in [5.41, 5.74) is 15.4. The van der Waals surface area contributed by atoms with E-state index in [1.807, 2.05) is 6.07 Å². The highest BCUT2D eigenvalue weighted by molar-refractivity contribution is 6.94. The Bertz CT molecular complexity index is 2510. The number of hydrogen-bond acceptors (Lipinski definition) is 3. The smallest absolute Gasteiger partial charge is 0.351 e. The third kappa shape index (κ3) is 2.52. The van der Waals surface area contributed by atoms with Crippen LogP contribution in [0.15, 0.2) is 138 Å². The average molecular weight is 547 g/mol. The van der Waals surface area contributed by atoms with Crippen LogP contribution >= 0.6 is 0 Å². The van der Waals surface area contributed by atoms with E-state index in [4.69, 9.17) is 4.42 Å². The van der Waals surface area contributed by atoms with Gasteiger partial charge in [-0.1, -0.05) is 91.0 Å². The first kappa shape index (κ1) is 22.0. The lowest BCUT2D eigenvalue weighted by molar-refractivity contribution is 0.669. The number of hydrogen-bond donors (Lipinski definition) is 0. The lowest BCUT2D eigenvalue weighted by Gasteiger charge is -2.47. The second-order valence-electron chi connectivity index (χ2n) is 11.7. The van der Waals surface area contributed by atoms with Crippen LogP contribution in [-0.4, -0.2) is 11.4 Å². The van der Waals surface area contributed by atoms with Gasteiger partial charge in [0.25, 0.3) is 0 Å². The second kappa shape index (κ2) is 7.58. The van der Waals surface area contributed by atoms with Gasteiger partial charge in [-0.05, 0) is 53.5 Å². The fourth-order valence-electron chi connectivity index (χ4n) is 8.10. The van der Waals surface area contributed by atoms with Gasteiger partial charge in [0.2, 0.25) is 0 Å². The van der Waals surface area contributed by atoms with E-state index in [0.717, 1.165) is 27.6 Å². The first-order chi connectivity index (χ1) is 21.4. The van der Waals surface area contributed by atoms with Gasteiger partial charge in [-0.25, -0.2) is 0 Å². The predicted octanol–water partition coefficient (Wildman–Crippen LogP) is 8.55. The third-order valence-corrected chi connectivity index (χ3v) is 9.68. The van der Waals surface area contributed by atoms with Gasteiger partial charge >= 0.3 is 6.85 Å². The minimum Gasteiger partial charge on any atom is -0.454 e. The molecule has 198 valence electrons. The van der Waals surface area contributed by atoms with Crippen molar-refractivity contribution >= 4 is 79.2 Å². The summed E-state index contributed by atoms with van der Waals surface area (Å²) in [6, 6.07) is 48.3. The average Bonchev–Trinajstić information content (AvgIpc) is 3.62. The van der Waals surface area contributed by atoms with Gasteiger partial charge in [0, 0.05) is 38.7 Å². The molecule has 43 heavy (non-hydrogen) atoms. The van der Waals surface area contributed by atoms with Crippen molar-refractivity contribution in [1.82, 2.24) is 4.57 Å². The number of anilines is 5. The van der Waals surface area contributed by atoms with Gasteiger partial charge in [0.1, 0.15) is 5.58 Å². The monoisotopic (exact) mass is 547 g/mol. The molecular weight excluding hydrogens is 525 g/mol. The molecule has 0 spiro atoms. The van der Waals surface area contributed by atoms with E-state index in [1.165, 1.54) is 61.5 Å². The molecule has 0 bridgehead atoms. The number of furan rings is 1. The number of nitrogens with zero attached hydrogens (tertiary/aromatic N) is 3. The van der Waals surface area contributed by atoms with Crippen LogP contribution in [-0.2, 0) is 0 Å². The van der Waals surface area contributed by atoms with Crippen molar-refractivity contribution in [2.75, 3.05) is 9.71 Å². The molecule has 11 rings (SSSR count). The molecule has 3 aliphatic heterocycles. The molecule has 0 atom stereocenters. The first-order valence-corrected chi connectivity index (χ1v) is 14.8. The fourth-order valence-corrected chi connectivity index (χ4v) is 8.10. The van der Waals surface area contributed by atoms with Gasteiger partial charge in [0.15, 0.2) is 5.58 Å². The number of benzene rings is 6. The van der Waals surface area contributed by atoms with Crippen molar-refractivity contribution in [1.29, 1.82) is 0 Å². The molecule has 0 radical (unpaired) electrons. The summed E-state index contributed by atoms with van der Waals surface area (Å²) >= 11 is 0. The van der Waals surface area contributed by atoms with Crippen molar-refractivity contribution in [2.45, 2.75) is 0 Å². The van der Waals surface area contributed by atoms with Crippen molar-refractivity contribution in [3.05, 3.63) is 133 Å². The van der Waals surface area contributed by atoms with Gasteiger partial charge in [-0.15, -0.1) is 0 Å². The highest BCUT2D eigenvalue weighted by atomic mass is 16.3. The summed E-state index contributed by atoms with van der Waals surface area (Å²) < 4.78 is 9.19.